The lowest BCUT2D eigenvalue weighted by atomic mass is 9.85. The lowest BCUT2D eigenvalue weighted by molar-refractivity contribution is -0.879. The second-order valence-electron chi connectivity index (χ2n) is 7.36. The first-order chi connectivity index (χ1) is 10.9. The van der Waals surface area contributed by atoms with Gasteiger partial charge in [-0.05, 0) is 30.4 Å². The molecule has 1 fully saturated rings. The van der Waals surface area contributed by atoms with E-state index in [1.807, 2.05) is 24.3 Å². The molecule has 0 aromatic heterocycles. The summed E-state index contributed by atoms with van der Waals surface area (Å²) in [6.07, 6.45) is 5.35. The molecule has 1 aliphatic heterocycles. The van der Waals surface area contributed by atoms with Crippen LogP contribution < -0.4 is 17.0 Å². The number of halogens is 1. The highest BCUT2D eigenvalue weighted by atomic mass is 79.9. The van der Waals surface area contributed by atoms with Gasteiger partial charge in [0, 0.05) is 6.42 Å². The fourth-order valence-corrected chi connectivity index (χ4v) is 3.67. The molecule has 3 rings (SSSR count). The van der Waals surface area contributed by atoms with Crippen LogP contribution in [0.4, 0.5) is 0 Å². The van der Waals surface area contributed by atoms with Gasteiger partial charge in [-0.2, -0.15) is 0 Å². The first-order valence-electron chi connectivity index (χ1n) is 8.42. The molecule has 1 aromatic carbocycles. The molecule has 0 bridgehead atoms. The van der Waals surface area contributed by atoms with Crippen molar-refractivity contribution in [2.45, 2.75) is 37.4 Å². The lowest BCUT2D eigenvalue weighted by Crippen LogP contribution is -3.00. The van der Waals surface area contributed by atoms with Gasteiger partial charge < -0.3 is 31.3 Å². The van der Waals surface area contributed by atoms with E-state index in [2.05, 4.69) is 14.1 Å². The number of benzene rings is 1. The number of carbonyl (C=O) groups is 1. The zero-order valence-corrected chi connectivity index (χ0v) is 16.0. The Morgan fingerprint density at radius 1 is 1.29 bits per heavy atom. The fraction of sp³-hybridized carbons (Fsp3) is 0.526. The van der Waals surface area contributed by atoms with Crippen LogP contribution in [0.25, 0.3) is 0 Å². The van der Waals surface area contributed by atoms with Crippen LogP contribution >= 0.6 is 0 Å². The largest absolute Gasteiger partial charge is 1.00 e. The molecule has 1 aromatic rings. The topological polar surface area (TPSA) is 46.5 Å². The molecular weight excluding hydrogens is 370 g/mol. The van der Waals surface area contributed by atoms with Gasteiger partial charge in [-0.3, -0.25) is 0 Å². The predicted molar refractivity (Wildman–Crippen MR) is 88.6 cm³/mol. The number of rotatable bonds is 4. The molecule has 5 heteroatoms. The second kappa shape index (κ2) is 7.38. The lowest BCUT2D eigenvalue weighted by Gasteiger charge is -2.29. The number of hydrogen-bond donors (Lipinski definition) is 1. The minimum absolute atomic E-state index is 0. The molecule has 132 valence electrons. The van der Waals surface area contributed by atoms with Gasteiger partial charge in [0.25, 0.3) is 0 Å². The van der Waals surface area contributed by atoms with Crippen molar-refractivity contribution in [3.8, 4) is 0 Å². The Kier molecular flexibility index (Phi) is 5.89. The quantitative estimate of drug-likeness (QED) is 0.419. The van der Waals surface area contributed by atoms with E-state index < -0.39 is 11.6 Å². The molecule has 1 N–H and O–H groups in total. The highest BCUT2D eigenvalue weighted by molar-refractivity contribution is 5.85. The highest BCUT2D eigenvalue weighted by Crippen LogP contribution is 2.38. The van der Waals surface area contributed by atoms with E-state index in [4.69, 9.17) is 4.74 Å². The molecule has 1 saturated heterocycles. The number of ether oxygens (including phenoxy) is 1. The monoisotopic (exact) mass is 395 g/mol. The predicted octanol–water partition coefficient (Wildman–Crippen LogP) is -0.620. The molecule has 0 saturated carbocycles. The number of allylic oxidation sites excluding steroid dienone is 1. The van der Waals surface area contributed by atoms with E-state index in [1.54, 1.807) is 12.1 Å². The zero-order chi connectivity index (χ0) is 16.5. The summed E-state index contributed by atoms with van der Waals surface area (Å²) in [7, 11) is 4.27. The molecule has 2 atom stereocenters. The third-order valence-corrected chi connectivity index (χ3v) is 5.02. The summed E-state index contributed by atoms with van der Waals surface area (Å²) in [5, 5.41) is 11.3. The van der Waals surface area contributed by atoms with Crippen LogP contribution in [0.2, 0.25) is 0 Å². The summed E-state index contributed by atoms with van der Waals surface area (Å²) in [4.78, 5) is 12.9. The average molecular weight is 396 g/mol. The van der Waals surface area contributed by atoms with Gasteiger partial charge in [0.15, 0.2) is 6.10 Å². The van der Waals surface area contributed by atoms with Crippen LogP contribution in [-0.4, -0.2) is 48.8 Å². The number of likely N-dealkylation sites (tertiary alicyclic amines) is 1. The maximum absolute atomic E-state index is 12.9. The highest BCUT2D eigenvalue weighted by Gasteiger charge is 2.46. The van der Waals surface area contributed by atoms with Gasteiger partial charge in [-0.25, -0.2) is 4.79 Å². The second-order valence-corrected chi connectivity index (χ2v) is 7.36. The van der Waals surface area contributed by atoms with Gasteiger partial charge in [0.1, 0.15) is 6.54 Å². The third-order valence-electron chi connectivity index (χ3n) is 5.02. The number of likely N-dealkylation sites (N-methyl/N-ethyl adjacent to an activating group) is 1. The molecule has 1 aliphatic carbocycles. The Morgan fingerprint density at radius 3 is 2.54 bits per heavy atom. The normalized spacial score (nSPS) is 24.6. The molecule has 4 nitrogen and oxygen atoms in total. The molecule has 24 heavy (non-hydrogen) atoms. The zero-order valence-electron chi connectivity index (χ0n) is 14.4. The van der Waals surface area contributed by atoms with Gasteiger partial charge in [-0.1, -0.05) is 36.4 Å². The number of carbonyl (C=O) groups excluding carboxylic acids is 1. The van der Waals surface area contributed by atoms with Gasteiger partial charge in [0.2, 0.25) is 5.60 Å². The van der Waals surface area contributed by atoms with Gasteiger partial charge >= 0.3 is 5.97 Å². The summed E-state index contributed by atoms with van der Waals surface area (Å²) < 4.78 is 6.59. The van der Waals surface area contributed by atoms with Crippen molar-refractivity contribution in [3.05, 3.63) is 47.5 Å². The van der Waals surface area contributed by atoms with Crippen LogP contribution in [0.5, 0.6) is 0 Å². The number of nitrogens with zero attached hydrogens (tertiary/aromatic N) is 1. The van der Waals surface area contributed by atoms with E-state index in [0.717, 1.165) is 48.8 Å². The van der Waals surface area contributed by atoms with E-state index >= 15 is 0 Å². The first kappa shape index (κ1) is 19.2. The fourth-order valence-electron chi connectivity index (χ4n) is 3.67. The van der Waals surface area contributed by atoms with E-state index in [-0.39, 0.29) is 23.1 Å². The number of aliphatic hydroxyl groups is 1. The Hall–Kier alpha value is -1.17. The van der Waals surface area contributed by atoms with Crippen molar-refractivity contribution in [3.63, 3.8) is 0 Å². The van der Waals surface area contributed by atoms with Crippen LogP contribution in [0.1, 0.15) is 31.2 Å². The van der Waals surface area contributed by atoms with Crippen LogP contribution in [-0.2, 0) is 15.1 Å². The van der Waals surface area contributed by atoms with E-state index in [9.17, 15) is 9.90 Å². The standard InChI is InChI=1S/C19H26NO3.BrH/c1-20(2)13-12-17(14-20)23-18(21)19(22,16-10-6-7-11-16)15-8-4-3-5-9-15;/h3-5,8-10,17,22H,6-7,11-14H2,1-2H3;1H/q+1;/p-1/t17?,19-;/m1./s1. The average Bonchev–Trinajstić information content (AvgIpc) is 3.17. The molecule has 0 amide bonds. The molecule has 0 spiro atoms. The summed E-state index contributed by atoms with van der Waals surface area (Å²) in [5.74, 6) is -0.524. The summed E-state index contributed by atoms with van der Waals surface area (Å²) in [6, 6.07) is 9.18. The molecule has 1 unspecified atom stereocenters. The Morgan fingerprint density at radius 2 is 2.00 bits per heavy atom. The molecule has 1 heterocycles. The van der Waals surface area contributed by atoms with Crippen molar-refractivity contribution < 1.29 is 36.1 Å². The van der Waals surface area contributed by atoms with Crippen molar-refractivity contribution >= 4 is 5.97 Å². The Labute approximate surface area is 154 Å². The van der Waals surface area contributed by atoms with Crippen molar-refractivity contribution in [2.75, 3.05) is 27.2 Å². The van der Waals surface area contributed by atoms with Crippen LogP contribution in [0.15, 0.2) is 42.0 Å². The number of esters is 1. The van der Waals surface area contributed by atoms with Crippen molar-refractivity contribution in [1.29, 1.82) is 0 Å². The summed E-state index contributed by atoms with van der Waals surface area (Å²) >= 11 is 0. The first-order valence-corrected chi connectivity index (χ1v) is 8.42. The van der Waals surface area contributed by atoms with Gasteiger partial charge in [-0.15, -0.1) is 0 Å². The maximum atomic E-state index is 12.9. The van der Waals surface area contributed by atoms with Gasteiger partial charge in [0.05, 0.1) is 20.6 Å². The van der Waals surface area contributed by atoms with Crippen molar-refractivity contribution in [2.24, 2.45) is 0 Å². The van der Waals surface area contributed by atoms with Crippen LogP contribution in [0.3, 0.4) is 0 Å². The molecule has 2 aliphatic rings. The number of hydrogen-bond acceptors (Lipinski definition) is 3. The molecule has 0 radical (unpaired) electrons. The van der Waals surface area contributed by atoms with E-state index in [1.165, 1.54) is 0 Å². The number of quaternary nitrogens is 1. The summed E-state index contributed by atoms with van der Waals surface area (Å²) in [5.41, 5.74) is -0.261. The SMILES string of the molecule is C[N+]1(C)CCC(OC(=O)[C@](O)(C2=CCCC2)c2ccccc2)C1.[Br-]. The smallest absolute Gasteiger partial charge is 0.347 e. The Balaban J connectivity index is 0.00000208. The Bertz CT molecular complexity index is 614. The van der Waals surface area contributed by atoms with Crippen LogP contribution in [0, 0.1) is 0 Å². The van der Waals surface area contributed by atoms with Crippen molar-refractivity contribution in [1.82, 2.24) is 0 Å². The van der Waals surface area contributed by atoms with E-state index in [0.29, 0.717) is 5.56 Å². The summed E-state index contributed by atoms with van der Waals surface area (Å²) in [6.45, 7) is 1.79. The minimum Gasteiger partial charge on any atom is -1.00 e. The minimum atomic E-state index is -1.64. The molecular formula is C19H26BrNO3. The third kappa shape index (κ3) is 3.73. The maximum Gasteiger partial charge on any atom is 0.347 e.